The molecule has 0 unspecified atom stereocenters. The van der Waals surface area contributed by atoms with Gasteiger partial charge in [0, 0.05) is 24.1 Å². The third kappa shape index (κ3) is 2.54. The molecule has 1 fully saturated rings. The van der Waals surface area contributed by atoms with Crippen molar-refractivity contribution in [1.82, 2.24) is 0 Å². The van der Waals surface area contributed by atoms with Crippen molar-refractivity contribution in [1.29, 1.82) is 10.5 Å². The zero-order valence-corrected chi connectivity index (χ0v) is 10.4. The van der Waals surface area contributed by atoms with E-state index in [2.05, 4.69) is 26.0 Å². The van der Waals surface area contributed by atoms with Crippen LogP contribution in [0.3, 0.4) is 0 Å². The molecule has 1 aliphatic rings. The van der Waals surface area contributed by atoms with Gasteiger partial charge in [0.15, 0.2) is 0 Å². The van der Waals surface area contributed by atoms with Crippen molar-refractivity contribution in [3.05, 3.63) is 29.3 Å². The van der Waals surface area contributed by atoms with Crippen LogP contribution in [0.1, 0.15) is 25.0 Å². The van der Waals surface area contributed by atoms with Crippen molar-refractivity contribution < 1.29 is 9.31 Å². The smallest absolute Gasteiger partial charge is 0.407 e. The molecule has 0 saturated carbocycles. The predicted molar refractivity (Wildman–Crippen MR) is 66.9 cm³/mol. The van der Waals surface area contributed by atoms with E-state index in [1.807, 2.05) is 0 Å². The van der Waals surface area contributed by atoms with Crippen LogP contribution in [0.5, 0.6) is 0 Å². The fraction of sp³-hybridized carbons (Fsp3) is 0.385. The lowest BCUT2D eigenvalue weighted by Crippen LogP contribution is -2.48. The lowest BCUT2D eigenvalue weighted by Gasteiger charge is -2.33. The third-order valence-electron chi connectivity index (χ3n) is 2.81. The summed E-state index contributed by atoms with van der Waals surface area (Å²) in [5.41, 5.74) is 1.60. The highest BCUT2D eigenvalue weighted by atomic mass is 16.6. The van der Waals surface area contributed by atoms with E-state index in [-0.39, 0.29) is 5.41 Å². The molecule has 0 N–H and O–H groups in total. The lowest BCUT2D eigenvalue weighted by atomic mass is 9.73. The van der Waals surface area contributed by atoms with E-state index in [1.54, 1.807) is 18.2 Å². The third-order valence-corrected chi connectivity index (χ3v) is 2.81. The van der Waals surface area contributed by atoms with Gasteiger partial charge in [-0.3, -0.25) is 0 Å². The van der Waals surface area contributed by atoms with Gasteiger partial charge in [0.25, 0.3) is 0 Å². The van der Waals surface area contributed by atoms with E-state index < -0.39 is 7.12 Å². The molecular weight excluding hydrogens is 227 g/mol. The standard InChI is InChI=1S/C13H13BN2O2/c1-13(2)8-17-14(18-9-13)12-5-10(6-15)3-4-11(12)7-16/h3-5H,8-9H2,1-2H3. The van der Waals surface area contributed by atoms with E-state index >= 15 is 0 Å². The summed E-state index contributed by atoms with van der Waals surface area (Å²) in [6.45, 7) is 5.25. The summed E-state index contributed by atoms with van der Waals surface area (Å²) in [7, 11) is -0.555. The van der Waals surface area contributed by atoms with Crippen molar-refractivity contribution in [3.63, 3.8) is 0 Å². The van der Waals surface area contributed by atoms with E-state index in [0.717, 1.165) is 0 Å². The summed E-state index contributed by atoms with van der Waals surface area (Å²) in [6, 6.07) is 9.05. The molecule has 1 aromatic rings. The molecule has 0 radical (unpaired) electrons. The van der Waals surface area contributed by atoms with Gasteiger partial charge in [0.05, 0.1) is 23.3 Å². The molecule has 1 saturated heterocycles. The molecule has 1 aromatic carbocycles. The summed E-state index contributed by atoms with van der Waals surface area (Å²) < 4.78 is 11.3. The van der Waals surface area contributed by atoms with Gasteiger partial charge in [-0.1, -0.05) is 13.8 Å². The first-order chi connectivity index (χ1) is 8.55. The highest BCUT2D eigenvalue weighted by Crippen LogP contribution is 2.21. The molecule has 90 valence electrons. The number of benzene rings is 1. The fourth-order valence-corrected chi connectivity index (χ4v) is 1.80. The maximum Gasteiger partial charge on any atom is 0.495 e. The second kappa shape index (κ2) is 4.82. The SMILES string of the molecule is CC1(C)COB(c2cc(C#N)ccc2C#N)OC1. The van der Waals surface area contributed by atoms with Crippen molar-refractivity contribution in [2.24, 2.45) is 5.41 Å². The van der Waals surface area contributed by atoms with E-state index in [9.17, 15) is 0 Å². The number of hydrogen-bond acceptors (Lipinski definition) is 4. The lowest BCUT2D eigenvalue weighted by molar-refractivity contribution is 0.0343. The molecule has 1 aliphatic heterocycles. The molecule has 0 amide bonds. The summed E-state index contributed by atoms with van der Waals surface area (Å²) in [5, 5.41) is 18.0. The van der Waals surface area contributed by atoms with Gasteiger partial charge in [0.1, 0.15) is 0 Å². The second-order valence-electron chi connectivity index (χ2n) is 5.14. The molecule has 1 heterocycles. The number of hydrogen-bond donors (Lipinski definition) is 0. The predicted octanol–water partition coefficient (Wildman–Crippen LogP) is 1.20. The normalized spacial score (nSPS) is 17.9. The largest absolute Gasteiger partial charge is 0.495 e. The van der Waals surface area contributed by atoms with Crippen LogP contribution < -0.4 is 5.46 Å². The summed E-state index contributed by atoms with van der Waals surface area (Å²) in [4.78, 5) is 0. The quantitative estimate of drug-likeness (QED) is 0.691. The van der Waals surface area contributed by atoms with Crippen LogP contribution in [-0.2, 0) is 9.31 Å². The maximum absolute atomic E-state index is 9.07. The van der Waals surface area contributed by atoms with Crippen molar-refractivity contribution >= 4 is 12.6 Å². The zero-order valence-electron chi connectivity index (χ0n) is 10.4. The average Bonchev–Trinajstić information content (AvgIpc) is 2.38. The highest BCUT2D eigenvalue weighted by molar-refractivity contribution is 6.62. The molecule has 2 rings (SSSR count). The Morgan fingerprint density at radius 3 is 2.39 bits per heavy atom. The number of rotatable bonds is 1. The average molecular weight is 240 g/mol. The first-order valence-electron chi connectivity index (χ1n) is 5.73. The van der Waals surface area contributed by atoms with Crippen molar-refractivity contribution in [2.75, 3.05) is 13.2 Å². The Hall–Kier alpha value is -1.82. The molecule has 0 bridgehead atoms. The Morgan fingerprint density at radius 2 is 1.83 bits per heavy atom. The van der Waals surface area contributed by atoms with Crippen molar-refractivity contribution in [3.8, 4) is 12.1 Å². The minimum absolute atomic E-state index is 0.0177. The Kier molecular flexibility index (Phi) is 3.38. The maximum atomic E-state index is 9.07. The molecular formula is C13H13BN2O2. The van der Waals surface area contributed by atoms with Crippen LogP contribution in [0.15, 0.2) is 18.2 Å². The van der Waals surface area contributed by atoms with Gasteiger partial charge in [-0.2, -0.15) is 10.5 Å². The second-order valence-corrected chi connectivity index (χ2v) is 5.14. The van der Waals surface area contributed by atoms with Gasteiger partial charge >= 0.3 is 7.12 Å². The van der Waals surface area contributed by atoms with Gasteiger partial charge in [-0.15, -0.1) is 0 Å². The molecule has 4 nitrogen and oxygen atoms in total. The van der Waals surface area contributed by atoms with Gasteiger partial charge in [0.2, 0.25) is 0 Å². The Labute approximate surface area is 107 Å². The van der Waals surface area contributed by atoms with E-state index in [4.69, 9.17) is 19.8 Å². The van der Waals surface area contributed by atoms with E-state index in [1.165, 1.54) is 0 Å². The zero-order chi connectivity index (χ0) is 13.2. The molecule has 0 aliphatic carbocycles. The van der Waals surface area contributed by atoms with Crippen LogP contribution in [0.25, 0.3) is 0 Å². The molecule has 0 atom stereocenters. The summed E-state index contributed by atoms with van der Waals surface area (Å²) in [5.74, 6) is 0. The molecule has 18 heavy (non-hydrogen) atoms. The van der Waals surface area contributed by atoms with Crippen LogP contribution in [0.2, 0.25) is 0 Å². The minimum Gasteiger partial charge on any atom is -0.407 e. The number of nitrogens with zero attached hydrogens (tertiary/aromatic N) is 2. The molecule has 0 aromatic heterocycles. The monoisotopic (exact) mass is 240 g/mol. The topological polar surface area (TPSA) is 66.0 Å². The first-order valence-corrected chi connectivity index (χ1v) is 5.73. The van der Waals surface area contributed by atoms with Gasteiger partial charge < -0.3 is 9.31 Å². The fourth-order valence-electron chi connectivity index (χ4n) is 1.80. The van der Waals surface area contributed by atoms with Crippen molar-refractivity contribution in [2.45, 2.75) is 13.8 Å². The Bertz CT molecular complexity index is 533. The van der Waals surface area contributed by atoms with E-state index in [0.29, 0.717) is 29.8 Å². The molecule has 0 spiro atoms. The Balaban J connectivity index is 2.29. The highest BCUT2D eigenvalue weighted by Gasteiger charge is 2.34. The van der Waals surface area contributed by atoms with Crippen LogP contribution in [0.4, 0.5) is 0 Å². The Morgan fingerprint density at radius 1 is 1.17 bits per heavy atom. The van der Waals surface area contributed by atoms with Crippen LogP contribution in [-0.4, -0.2) is 20.3 Å². The van der Waals surface area contributed by atoms with Gasteiger partial charge in [-0.25, -0.2) is 0 Å². The molecule has 5 heteroatoms. The summed E-state index contributed by atoms with van der Waals surface area (Å²) >= 11 is 0. The van der Waals surface area contributed by atoms with Gasteiger partial charge in [-0.05, 0) is 18.2 Å². The van der Waals surface area contributed by atoms with Crippen LogP contribution >= 0.6 is 0 Å². The minimum atomic E-state index is -0.555. The summed E-state index contributed by atoms with van der Waals surface area (Å²) in [6.07, 6.45) is 0. The van der Waals surface area contributed by atoms with Crippen LogP contribution in [0, 0.1) is 28.1 Å². The first kappa shape index (κ1) is 12.6. The number of nitriles is 2.